The van der Waals surface area contributed by atoms with E-state index in [9.17, 15) is 0 Å². The predicted molar refractivity (Wildman–Crippen MR) is 68.8 cm³/mol. The van der Waals surface area contributed by atoms with Crippen molar-refractivity contribution in [2.75, 3.05) is 40.4 Å². The zero-order chi connectivity index (χ0) is 11.8. The maximum absolute atomic E-state index is 5.54. The molecule has 0 bridgehead atoms. The molecule has 0 aliphatic heterocycles. The fourth-order valence-corrected chi connectivity index (χ4v) is 2.04. The van der Waals surface area contributed by atoms with Gasteiger partial charge in [0, 0.05) is 19.1 Å². The van der Waals surface area contributed by atoms with Gasteiger partial charge in [0.1, 0.15) is 0 Å². The van der Waals surface area contributed by atoms with Gasteiger partial charge in [0.25, 0.3) is 0 Å². The van der Waals surface area contributed by atoms with E-state index < -0.39 is 0 Å². The van der Waals surface area contributed by atoms with Crippen LogP contribution in [0.3, 0.4) is 0 Å². The van der Waals surface area contributed by atoms with Gasteiger partial charge in [0.2, 0.25) is 0 Å². The lowest BCUT2D eigenvalue weighted by Crippen LogP contribution is -2.33. The van der Waals surface area contributed by atoms with Crippen LogP contribution in [0.1, 0.15) is 32.6 Å². The lowest BCUT2D eigenvalue weighted by Gasteiger charge is -2.28. The molecule has 0 radical (unpaired) electrons. The summed E-state index contributed by atoms with van der Waals surface area (Å²) in [6, 6.07) is 0.655. The Hall–Kier alpha value is -0.120. The van der Waals surface area contributed by atoms with Gasteiger partial charge < -0.3 is 15.0 Å². The van der Waals surface area contributed by atoms with Gasteiger partial charge in [0.05, 0.1) is 13.2 Å². The Balaban J connectivity index is 1.82. The van der Waals surface area contributed by atoms with E-state index in [0.29, 0.717) is 6.04 Å². The van der Waals surface area contributed by atoms with Crippen LogP contribution in [0.25, 0.3) is 0 Å². The fraction of sp³-hybridized carbons (Fsp3) is 1.00. The van der Waals surface area contributed by atoms with Crippen molar-refractivity contribution in [3.63, 3.8) is 0 Å². The average molecular weight is 228 g/mol. The first-order chi connectivity index (χ1) is 7.68. The van der Waals surface area contributed by atoms with Gasteiger partial charge in [0.15, 0.2) is 0 Å². The molecule has 1 aliphatic rings. The van der Waals surface area contributed by atoms with Crippen LogP contribution >= 0.6 is 0 Å². The van der Waals surface area contributed by atoms with Crippen molar-refractivity contribution >= 4 is 0 Å². The number of nitrogens with zero attached hydrogens (tertiary/aromatic N) is 1. The summed E-state index contributed by atoms with van der Waals surface area (Å²) in [6.07, 6.45) is 5.69. The molecular weight excluding hydrogens is 200 g/mol. The highest BCUT2D eigenvalue weighted by Crippen LogP contribution is 2.30. The van der Waals surface area contributed by atoms with Gasteiger partial charge in [-0.05, 0) is 33.4 Å². The van der Waals surface area contributed by atoms with Crippen LogP contribution in [-0.4, -0.2) is 51.3 Å². The molecule has 3 nitrogen and oxygen atoms in total. The van der Waals surface area contributed by atoms with E-state index in [1.807, 2.05) is 0 Å². The summed E-state index contributed by atoms with van der Waals surface area (Å²) in [4.78, 5) is 2.15. The summed E-state index contributed by atoms with van der Waals surface area (Å²) < 4.78 is 5.54. The lowest BCUT2D eigenvalue weighted by atomic mass is 9.81. The molecule has 1 N–H and O–H groups in total. The number of ether oxygens (including phenoxy) is 1. The quantitative estimate of drug-likeness (QED) is 0.608. The summed E-state index contributed by atoms with van der Waals surface area (Å²) in [5, 5.41) is 3.53. The molecule has 1 fully saturated rings. The molecule has 0 heterocycles. The van der Waals surface area contributed by atoms with Crippen LogP contribution in [0.5, 0.6) is 0 Å². The van der Waals surface area contributed by atoms with Crippen LogP contribution in [0.2, 0.25) is 0 Å². The largest absolute Gasteiger partial charge is 0.379 e. The van der Waals surface area contributed by atoms with Gasteiger partial charge in [-0.15, -0.1) is 0 Å². The maximum atomic E-state index is 5.54. The van der Waals surface area contributed by atoms with Gasteiger partial charge in [-0.1, -0.05) is 19.3 Å². The Morgan fingerprint density at radius 3 is 2.62 bits per heavy atom. The van der Waals surface area contributed by atoms with Crippen molar-refractivity contribution in [3.05, 3.63) is 0 Å². The number of nitrogens with one attached hydrogen (secondary N) is 1. The van der Waals surface area contributed by atoms with Crippen LogP contribution in [0, 0.1) is 5.92 Å². The van der Waals surface area contributed by atoms with Crippen molar-refractivity contribution < 1.29 is 4.74 Å². The van der Waals surface area contributed by atoms with Crippen LogP contribution in [0.15, 0.2) is 0 Å². The van der Waals surface area contributed by atoms with E-state index >= 15 is 0 Å². The highest BCUT2D eigenvalue weighted by Gasteiger charge is 2.19. The highest BCUT2D eigenvalue weighted by atomic mass is 16.5. The van der Waals surface area contributed by atoms with Gasteiger partial charge in [-0.2, -0.15) is 0 Å². The van der Waals surface area contributed by atoms with Gasteiger partial charge >= 0.3 is 0 Å². The molecular formula is C13H28N2O. The minimum Gasteiger partial charge on any atom is -0.379 e. The molecule has 3 heteroatoms. The Morgan fingerprint density at radius 1 is 1.31 bits per heavy atom. The Morgan fingerprint density at radius 2 is 2.06 bits per heavy atom. The SMILES string of the molecule is CC(CC1CCC1)NCCOCCN(C)C. The lowest BCUT2D eigenvalue weighted by molar-refractivity contribution is 0.116. The van der Waals surface area contributed by atoms with Crippen molar-refractivity contribution in [2.45, 2.75) is 38.6 Å². The molecule has 1 atom stereocenters. The summed E-state index contributed by atoms with van der Waals surface area (Å²) in [5.41, 5.74) is 0. The first-order valence-electron chi connectivity index (χ1n) is 6.64. The number of rotatable bonds is 9. The molecule has 1 rings (SSSR count). The summed E-state index contributed by atoms with van der Waals surface area (Å²) in [7, 11) is 4.14. The summed E-state index contributed by atoms with van der Waals surface area (Å²) in [6.45, 7) is 5.96. The fourth-order valence-electron chi connectivity index (χ4n) is 2.04. The maximum Gasteiger partial charge on any atom is 0.0593 e. The molecule has 16 heavy (non-hydrogen) atoms. The second-order valence-corrected chi connectivity index (χ2v) is 5.30. The molecule has 1 unspecified atom stereocenters. The second-order valence-electron chi connectivity index (χ2n) is 5.30. The molecule has 1 aliphatic carbocycles. The zero-order valence-electron chi connectivity index (χ0n) is 11.2. The third-order valence-corrected chi connectivity index (χ3v) is 3.33. The predicted octanol–water partition coefficient (Wildman–Crippen LogP) is 1.73. The molecule has 0 aromatic heterocycles. The topological polar surface area (TPSA) is 24.5 Å². The van der Waals surface area contributed by atoms with Crippen molar-refractivity contribution in [1.82, 2.24) is 10.2 Å². The smallest absolute Gasteiger partial charge is 0.0593 e. The second kappa shape index (κ2) is 8.04. The van der Waals surface area contributed by atoms with Gasteiger partial charge in [-0.3, -0.25) is 0 Å². The van der Waals surface area contributed by atoms with Crippen molar-refractivity contribution in [1.29, 1.82) is 0 Å². The zero-order valence-corrected chi connectivity index (χ0v) is 11.2. The van der Waals surface area contributed by atoms with Crippen LogP contribution < -0.4 is 5.32 Å². The molecule has 96 valence electrons. The van der Waals surface area contributed by atoms with Gasteiger partial charge in [-0.25, -0.2) is 0 Å². The summed E-state index contributed by atoms with van der Waals surface area (Å²) in [5.74, 6) is 0.997. The Labute approximate surface area is 101 Å². The third kappa shape index (κ3) is 6.46. The monoisotopic (exact) mass is 228 g/mol. The number of likely N-dealkylation sites (N-methyl/N-ethyl adjacent to an activating group) is 1. The highest BCUT2D eigenvalue weighted by molar-refractivity contribution is 4.74. The molecule has 0 amide bonds. The Bertz CT molecular complexity index is 169. The minimum absolute atomic E-state index is 0.655. The van der Waals surface area contributed by atoms with E-state index in [4.69, 9.17) is 4.74 Å². The number of hydrogen-bond acceptors (Lipinski definition) is 3. The molecule has 0 spiro atoms. The van der Waals surface area contributed by atoms with E-state index in [0.717, 1.165) is 32.2 Å². The van der Waals surface area contributed by atoms with Crippen molar-refractivity contribution in [3.8, 4) is 0 Å². The van der Waals surface area contributed by atoms with Crippen LogP contribution in [-0.2, 0) is 4.74 Å². The number of hydrogen-bond donors (Lipinski definition) is 1. The van der Waals surface area contributed by atoms with Crippen LogP contribution in [0.4, 0.5) is 0 Å². The van der Waals surface area contributed by atoms with Crippen molar-refractivity contribution in [2.24, 2.45) is 5.92 Å². The average Bonchev–Trinajstić information content (AvgIpc) is 2.17. The van der Waals surface area contributed by atoms with E-state index in [1.54, 1.807) is 0 Å². The standard InChI is InChI=1S/C13H28N2O/c1-12(11-13-5-4-6-13)14-7-9-16-10-8-15(2)3/h12-14H,4-11H2,1-3H3. The molecule has 0 aromatic carbocycles. The molecule has 1 saturated carbocycles. The Kier molecular flexibility index (Phi) is 7.01. The van der Waals surface area contributed by atoms with E-state index in [2.05, 4.69) is 31.2 Å². The third-order valence-electron chi connectivity index (χ3n) is 3.33. The molecule has 0 aromatic rings. The molecule has 0 saturated heterocycles. The first kappa shape index (κ1) is 13.9. The first-order valence-corrected chi connectivity index (χ1v) is 6.64. The van der Waals surface area contributed by atoms with E-state index in [1.165, 1.54) is 25.7 Å². The van der Waals surface area contributed by atoms with E-state index in [-0.39, 0.29) is 0 Å². The summed E-state index contributed by atoms with van der Waals surface area (Å²) >= 11 is 0. The minimum atomic E-state index is 0.655. The normalized spacial score (nSPS) is 18.8.